The number of hydrogen-bond donors (Lipinski definition) is 2. The third-order valence-electron chi connectivity index (χ3n) is 4.64. The molecule has 4 rings (SSSR count). The number of rotatable bonds is 5. The van der Waals surface area contributed by atoms with Gasteiger partial charge in [-0.05, 0) is 34.0 Å². The van der Waals surface area contributed by atoms with Gasteiger partial charge in [-0.3, -0.25) is 9.59 Å². The Balaban J connectivity index is 1.51. The van der Waals surface area contributed by atoms with E-state index in [0.717, 1.165) is 10.2 Å². The fraction of sp³-hybridized carbons (Fsp3) is 0.286. The minimum atomic E-state index is -0.712. The molecule has 156 valence electrons. The van der Waals surface area contributed by atoms with Gasteiger partial charge in [-0.1, -0.05) is 37.3 Å². The fourth-order valence-corrected chi connectivity index (χ4v) is 4.44. The van der Waals surface area contributed by atoms with Gasteiger partial charge in [-0.2, -0.15) is 0 Å². The van der Waals surface area contributed by atoms with Crippen molar-refractivity contribution in [2.75, 3.05) is 18.5 Å². The quantitative estimate of drug-likeness (QED) is 0.559. The maximum atomic E-state index is 12.9. The summed E-state index contributed by atoms with van der Waals surface area (Å²) < 4.78 is 12.7. The van der Waals surface area contributed by atoms with E-state index < -0.39 is 6.04 Å². The molecule has 0 saturated heterocycles. The van der Waals surface area contributed by atoms with E-state index >= 15 is 0 Å². The number of anilines is 1. The SMILES string of the molecule is CC(C)[C@@H](NC(=O)c1ccccc1Br)C(=O)Nc1nc2cc3c(cc2s1)OCCO3. The predicted molar refractivity (Wildman–Crippen MR) is 119 cm³/mol. The van der Waals surface area contributed by atoms with Crippen LogP contribution in [0.1, 0.15) is 24.2 Å². The Morgan fingerprint density at radius 1 is 1.13 bits per heavy atom. The van der Waals surface area contributed by atoms with Crippen LogP contribution in [0, 0.1) is 5.92 Å². The van der Waals surface area contributed by atoms with Crippen molar-refractivity contribution in [2.45, 2.75) is 19.9 Å². The standard InChI is InChI=1S/C21H20BrN3O4S/c1-11(2)18(24-19(26)12-5-3-4-6-13(12)22)20(27)25-21-23-14-9-15-16(10-17(14)30-21)29-8-7-28-15/h3-6,9-11,18H,7-8H2,1-2H3,(H,24,26)(H,23,25,27)/t18-/m1/s1. The first kappa shape index (κ1) is 20.6. The highest BCUT2D eigenvalue weighted by Crippen LogP contribution is 2.37. The highest BCUT2D eigenvalue weighted by Gasteiger charge is 2.26. The Kier molecular flexibility index (Phi) is 5.92. The number of amides is 2. The molecule has 30 heavy (non-hydrogen) atoms. The van der Waals surface area contributed by atoms with E-state index in [1.807, 2.05) is 32.0 Å². The third-order valence-corrected chi connectivity index (χ3v) is 6.26. The monoisotopic (exact) mass is 489 g/mol. The zero-order valence-electron chi connectivity index (χ0n) is 16.4. The van der Waals surface area contributed by atoms with Crippen molar-refractivity contribution in [2.24, 2.45) is 5.92 Å². The molecule has 2 aromatic carbocycles. The molecule has 7 nitrogen and oxygen atoms in total. The van der Waals surface area contributed by atoms with E-state index in [2.05, 4.69) is 31.5 Å². The van der Waals surface area contributed by atoms with Crippen LogP contribution >= 0.6 is 27.3 Å². The number of nitrogens with one attached hydrogen (secondary N) is 2. The fourth-order valence-electron chi connectivity index (χ4n) is 3.10. The molecule has 9 heteroatoms. The average Bonchev–Trinajstić information content (AvgIpc) is 3.10. The number of aromatic nitrogens is 1. The lowest BCUT2D eigenvalue weighted by Crippen LogP contribution is -2.47. The second kappa shape index (κ2) is 8.61. The van der Waals surface area contributed by atoms with Crippen LogP contribution in [0.15, 0.2) is 40.9 Å². The summed E-state index contributed by atoms with van der Waals surface area (Å²) in [4.78, 5) is 30.1. The Morgan fingerprint density at radius 3 is 2.53 bits per heavy atom. The minimum Gasteiger partial charge on any atom is -0.486 e. The van der Waals surface area contributed by atoms with Crippen molar-refractivity contribution < 1.29 is 19.1 Å². The van der Waals surface area contributed by atoms with Crippen LogP contribution < -0.4 is 20.1 Å². The number of halogens is 1. The second-order valence-electron chi connectivity index (χ2n) is 7.15. The summed E-state index contributed by atoms with van der Waals surface area (Å²) in [5, 5.41) is 6.12. The van der Waals surface area contributed by atoms with Gasteiger partial charge >= 0.3 is 0 Å². The smallest absolute Gasteiger partial charge is 0.253 e. The van der Waals surface area contributed by atoms with Gasteiger partial charge in [0.2, 0.25) is 5.91 Å². The number of hydrogen-bond acceptors (Lipinski definition) is 6. The lowest BCUT2D eigenvalue weighted by atomic mass is 10.0. The molecule has 2 amide bonds. The Bertz CT molecular complexity index is 1070. The van der Waals surface area contributed by atoms with E-state index in [1.54, 1.807) is 18.2 Å². The zero-order valence-corrected chi connectivity index (χ0v) is 18.8. The van der Waals surface area contributed by atoms with Crippen LogP contribution in [0.4, 0.5) is 5.13 Å². The Labute approximate surface area is 185 Å². The van der Waals surface area contributed by atoms with Gasteiger partial charge < -0.3 is 20.1 Å². The molecule has 3 aromatic rings. The minimum absolute atomic E-state index is 0.111. The molecule has 0 fully saturated rings. The molecule has 0 bridgehead atoms. The zero-order chi connectivity index (χ0) is 21.3. The molecule has 0 saturated carbocycles. The summed E-state index contributed by atoms with van der Waals surface area (Å²) in [5.74, 6) is 0.581. The number of carbonyl (C=O) groups is 2. The summed E-state index contributed by atoms with van der Waals surface area (Å²) in [5.41, 5.74) is 1.19. The van der Waals surface area contributed by atoms with E-state index in [4.69, 9.17) is 9.47 Å². The van der Waals surface area contributed by atoms with Gasteiger partial charge in [-0.15, -0.1) is 0 Å². The number of benzene rings is 2. The van der Waals surface area contributed by atoms with Crippen molar-refractivity contribution in [3.63, 3.8) is 0 Å². The van der Waals surface area contributed by atoms with Crippen molar-refractivity contribution >= 4 is 54.4 Å². The normalized spacial score (nSPS) is 13.9. The van der Waals surface area contributed by atoms with Gasteiger partial charge in [0, 0.05) is 16.6 Å². The third kappa shape index (κ3) is 4.27. The van der Waals surface area contributed by atoms with E-state index in [-0.39, 0.29) is 17.7 Å². The maximum absolute atomic E-state index is 12.9. The molecule has 0 spiro atoms. The molecule has 1 aromatic heterocycles. The highest BCUT2D eigenvalue weighted by atomic mass is 79.9. The first-order valence-corrected chi connectivity index (χ1v) is 11.1. The summed E-state index contributed by atoms with van der Waals surface area (Å²) in [6.07, 6.45) is 0. The van der Waals surface area contributed by atoms with Crippen molar-refractivity contribution in [3.05, 3.63) is 46.4 Å². The lowest BCUT2D eigenvalue weighted by molar-refractivity contribution is -0.118. The lowest BCUT2D eigenvalue weighted by Gasteiger charge is -2.21. The van der Waals surface area contributed by atoms with Crippen LogP contribution in [-0.2, 0) is 4.79 Å². The average molecular weight is 490 g/mol. The molecule has 1 aliphatic heterocycles. The molecule has 0 radical (unpaired) electrons. The van der Waals surface area contributed by atoms with Crippen molar-refractivity contribution in [3.8, 4) is 11.5 Å². The number of thiazole rings is 1. The highest BCUT2D eigenvalue weighted by molar-refractivity contribution is 9.10. The topological polar surface area (TPSA) is 89.6 Å². The van der Waals surface area contributed by atoms with Crippen LogP contribution in [-0.4, -0.2) is 36.1 Å². The molecule has 0 aliphatic carbocycles. The van der Waals surface area contributed by atoms with Gasteiger partial charge in [0.25, 0.3) is 5.91 Å². The maximum Gasteiger partial charge on any atom is 0.253 e. The molecule has 2 N–H and O–H groups in total. The van der Waals surface area contributed by atoms with Crippen LogP contribution in [0.2, 0.25) is 0 Å². The second-order valence-corrected chi connectivity index (χ2v) is 9.03. The molecular formula is C21H20BrN3O4S. The van der Waals surface area contributed by atoms with Crippen molar-refractivity contribution in [1.82, 2.24) is 10.3 Å². The predicted octanol–water partition coefficient (Wildman–Crippen LogP) is 4.22. The Morgan fingerprint density at radius 2 is 1.83 bits per heavy atom. The molecule has 1 aliphatic rings. The summed E-state index contributed by atoms with van der Waals surface area (Å²) in [6, 6.07) is 10.1. The molecule has 2 heterocycles. The van der Waals surface area contributed by atoms with Gasteiger partial charge in [0.1, 0.15) is 19.3 Å². The van der Waals surface area contributed by atoms with Gasteiger partial charge in [0.15, 0.2) is 16.6 Å². The van der Waals surface area contributed by atoms with Crippen molar-refractivity contribution in [1.29, 1.82) is 0 Å². The molecule has 1 atom stereocenters. The number of ether oxygens (including phenoxy) is 2. The molecule has 0 unspecified atom stereocenters. The van der Waals surface area contributed by atoms with Crippen LogP contribution in [0.3, 0.4) is 0 Å². The first-order valence-electron chi connectivity index (χ1n) is 9.49. The summed E-state index contributed by atoms with van der Waals surface area (Å²) in [7, 11) is 0. The van der Waals surface area contributed by atoms with Gasteiger partial charge in [0.05, 0.1) is 15.8 Å². The number of carbonyl (C=O) groups excluding carboxylic acids is 2. The number of fused-ring (bicyclic) bond motifs is 2. The van der Waals surface area contributed by atoms with Gasteiger partial charge in [-0.25, -0.2) is 4.98 Å². The van der Waals surface area contributed by atoms with E-state index in [0.29, 0.717) is 39.9 Å². The van der Waals surface area contributed by atoms with E-state index in [1.165, 1.54) is 11.3 Å². The first-order chi connectivity index (χ1) is 14.4. The van der Waals surface area contributed by atoms with Crippen LogP contribution in [0.5, 0.6) is 11.5 Å². The largest absolute Gasteiger partial charge is 0.486 e. The Hall–Kier alpha value is -2.65. The molecular weight excluding hydrogens is 470 g/mol. The van der Waals surface area contributed by atoms with E-state index in [9.17, 15) is 9.59 Å². The summed E-state index contributed by atoms with van der Waals surface area (Å²) in [6.45, 7) is 4.77. The number of nitrogens with zero attached hydrogens (tertiary/aromatic N) is 1. The van der Waals surface area contributed by atoms with Crippen LogP contribution in [0.25, 0.3) is 10.2 Å². The summed E-state index contributed by atoms with van der Waals surface area (Å²) >= 11 is 4.72.